The van der Waals surface area contributed by atoms with Crippen molar-refractivity contribution in [2.75, 3.05) is 25.1 Å². The van der Waals surface area contributed by atoms with Gasteiger partial charge in [-0.05, 0) is 43.5 Å². The first-order chi connectivity index (χ1) is 12.7. The molecule has 26 heavy (non-hydrogen) atoms. The largest absolute Gasteiger partial charge is 0.465 e. The summed E-state index contributed by atoms with van der Waals surface area (Å²) in [5.41, 5.74) is 1.94. The Labute approximate surface area is 153 Å². The summed E-state index contributed by atoms with van der Waals surface area (Å²) in [5, 5.41) is 0. The number of pyridine rings is 1. The molecule has 0 spiro atoms. The number of urea groups is 1. The van der Waals surface area contributed by atoms with E-state index in [1.165, 1.54) is 19.7 Å². The first-order valence-corrected chi connectivity index (χ1v) is 8.84. The Hall–Kier alpha value is -2.89. The van der Waals surface area contributed by atoms with Crippen LogP contribution in [0, 0.1) is 0 Å². The maximum Gasteiger partial charge on any atom is 0.339 e. The Kier molecular flexibility index (Phi) is 5.84. The number of hydrogen-bond donors (Lipinski definition) is 0. The molecule has 0 saturated carbocycles. The average Bonchev–Trinajstić information content (AvgIpc) is 2.72. The molecular formula is C20H23N3O3. The second-order valence-corrected chi connectivity index (χ2v) is 6.28. The van der Waals surface area contributed by atoms with E-state index in [-0.39, 0.29) is 6.03 Å². The van der Waals surface area contributed by atoms with Crippen LogP contribution < -0.4 is 4.90 Å². The predicted octanol–water partition coefficient (Wildman–Crippen LogP) is 3.48. The number of rotatable bonds is 4. The molecule has 2 heterocycles. The molecule has 136 valence electrons. The fraction of sp³-hybridized carbons (Fsp3) is 0.350. The third-order valence-electron chi connectivity index (χ3n) is 4.49. The van der Waals surface area contributed by atoms with Gasteiger partial charge in [-0.1, -0.05) is 18.2 Å². The summed E-state index contributed by atoms with van der Waals surface area (Å²) in [6.45, 7) is 1.93. The van der Waals surface area contributed by atoms with Crippen molar-refractivity contribution >= 4 is 17.7 Å². The van der Waals surface area contributed by atoms with Crippen molar-refractivity contribution in [2.45, 2.75) is 25.8 Å². The molecule has 0 bridgehead atoms. The number of amides is 2. The van der Waals surface area contributed by atoms with Crippen LogP contribution in [0.1, 0.15) is 35.3 Å². The quantitative estimate of drug-likeness (QED) is 0.790. The first-order valence-electron chi connectivity index (χ1n) is 8.84. The Balaban J connectivity index is 1.81. The van der Waals surface area contributed by atoms with E-state index in [0.29, 0.717) is 17.8 Å². The van der Waals surface area contributed by atoms with Gasteiger partial charge in [0.2, 0.25) is 0 Å². The molecule has 0 aliphatic carbocycles. The number of methoxy groups -OCH3 is 1. The monoisotopic (exact) mass is 353 g/mol. The first kappa shape index (κ1) is 17.9. The van der Waals surface area contributed by atoms with Gasteiger partial charge in [-0.2, -0.15) is 0 Å². The summed E-state index contributed by atoms with van der Waals surface area (Å²) in [6.07, 6.45) is 4.74. The minimum absolute atomic E-state index is 0.00487. The van der Waals surface area contributed by atoms with E-state index in [0.717, 1.165) is 31.6 Å². The molecule has 1 aliphatic heterocycles. The van der Waals surface area contributed by atoms with Crippen molar-refractivity contribution in [2.24, 2.45) is 0 Å². The number of carbonyl (C=O) groups excluding carboxylic acids is 2. The Morgan fingerprint density at radius 3 is 2.42 bits per heavy atom. The zero-order valence-corrected chi connectivity index (χ0v) is 14.9. The summed E-state index contributed by atoms with van der Waals surface area (Å²) < 4.78 is 4.69. The molecule has 2 aromatic rings. The van der Waals surface area contributed by atoms with E-state index in [9.17, 15) is 9.59 Å². The van der Waals surface area contributed by atoms with E-state index in [1.54, 1.807) is 17.0 Å². The molecule has 3 rings (SSSR count). The van der Waals surface area contributed by atoms with Crippen LogP contribution in [0.5, 0.6) is 0 Å². The van der Waals surface area contributed by atoms with Gasteiger partial charge < -0.3 is 9.64 Å². The number of benzene rings is 1. The van der Waals surface area contributed by atoms with Crippen LogP contribution in [0.2, 0.25) is 0 Å². The topological polar surface area (TPSA) is 62.7 Å². The van der Waals surface area contributed by atoms with Crippen LogP contribution in [0.15, 0.2) is 48.7 Å². The van der Waals surface area contributed by atoms with Gasteiger partial charge in [0.05, 0.1) is 24.9 Å². The molecule has 1 saturated heterocycles. The number of hydrogen-bond acceptors (Lipinski definition) is 4. The molecule has 6 heteroatoms. The van der Waals surface area contributed by atoms with E-state index in [1.807, 2.05) is 35.2 Å². The highest BCUT2D eigenvalue weighted by Gasteiger charge is 2.24. The lowest BCUT2D eigenvalue weighted by Gasteiger charge is -2.33. The maximum absolute atomic E-state index is 13.1. The Morgan fingerprint density at radius 2 is 1.81 bits per heavy atom. The smallest absolute Gasteiger partial charge is 0.339 e. The van der Waals surface area contributed by atoms with Crippen molar-refractivity contribution < 1.29 is 14.3 Å². The Bertz CT molecular complexity index is 741. The predicted molar refractivity (Wildman–Crippen MR) is 99.0 cm³/mol. The number of nitrogens with zero attached hydrogens (tertiary/aromatic N) is 3. The molecule has 2 amide bonds. The minimum atomic E-state index is -0.423. The number of piperidine rings is 1. The van der Waals surface area contributed by atoms with E-state index >= 15 is 0 Å². The molecule has 1 aromatic carbocycles. The summed E-state index contributed by atoms with van der Waals surface area (Å²) in [4.78, 5) is 32.6. The average molecular weight is 353 g/mol. The molecule has 6 nitrogen and oxygen atoms in total. The van der Waals surface area contributed by atoms with Crippen molar-refractivity contribution in [1.82, 2.24) is 9.88 Å². The van der Waals surface area contributed by atoms with Crippen LogP contribution in [0.4, 0.5) is 10.5 Å². The minimum Gasteiger partial charge on any atom is -0.465 e. The number of carbonyl (C=O) groups is 2. The van der Waals surface area contributed by atoms with Gasteiger partial charge >= 0.3 is 12.0 Å². The van der Waals surface area contributed by atoms with Gasteiger partial charge in [-0.15, -0.1) is 0 Å². The summed E-state index contributed by atoms with van der Waals surface area (Å²) in [5.74, 6) is -0.423. The summed E-state index contributed by atoms with van der Waals surface area (Å²) in [6, 6.07) is 13.0. The highest BCUT2D eigenvalue weighted by Crippen LogP contribution is 2.20. The number of anilines is 1. The fourth-order valence-corrected chi connectivity index (χ4v) is 3.05. The second kappa shape index (κ2) is 8.47. The van der Waals surface area contributed by atoms with Crippen LogP contribution in [-0.4, -0.2) is 42.1 Å². The van der Waals surface area contributed by atoms with E-state index < -0.39 is 5.97 Å². The van der Waals surface area contributed by atoms with Crippen molar-refractivity contribution in [3.63, 3.8) is 0 Å². The highest BCUT2D eigenvalue weighted by atomic mass is 16.5. The van der Waals surface area contributed by atoms with Gasteiger partial charge in [0.1, 0.15) is 0 Å². The van der Waals surface area contributed by atoms with Crippen molar-refractivity contribution in [1.29, 1.82) is 0 Å². The van der Waals surface area contributed by atoms with Gasteiger partial charge in [-0.3, -0.25) is 9.88 Å². The van der Waals surface area contributed by atoms with Crippen LogP contribution in [0.3, 0.4) is 0 Å². The summed E-state index contributed by atoms with van der Waals surface area (Å²) >= 11 is 0. The number of para-hydroxylation sites is 1. The SMILES string of the molecule is COC(=O)c1ccc(CN(C(=O)N2CCCCC2)c2ccccc2)nc1. The van der Waals surface area contributed by atoms with E-state index in [2.05, 4.69) is 4.98 Å². The lowest BCUT2D eigenvalue weighted by Crippen LogP contribution is -2.45. The highest BCUT2D eigenvalue weighted by molar-refractivity contribution is 5.92. The standard InChI is InChI=1S/C20H23N3O3/c1-26-19(24)16-10-11-17(21-14-16)15-23(18-8-4-2-5-9-18)20(25)22-12-6-3-7-13-22/h2,4-5,8-11,14H,3,6-7,12-13,15H2,1H3. The van der Waals surface area contributed by atoms with Crippen LogP contribution >= 0.6 is 0 Å². The molecule has 0 radical (unpaired) electrons. The lowest BCUT2D eigenvalue weighted by molar-refractivity contribution is 0.0600. The number of aromatic nitrogens is 1. The zero-order valence-electron chi connectivity index (χ0n) is 14.9. The molecule has 0 atom stereocenters. The van der Waals surface area contributed by atoms with Crippen molar-refractivity contribution in [3.05, 3.63) is 59.9 Å². The second-order valence-electron chi connectivity index (χ2n) is 6.28. The lowest BCUT2D eigenvalue weighted by atomic mass is 10.1. The maximum atomic E-state index is 13.1. The molecule has 0 unspecified atom stereocenters. The van der Waals surface area contributed by atoms with Gasteiger partial charge in [0.15, 0.2) is 0 Å². The number of esters is 1. The molecule has 0 N–H and O–H groups in total. The normalized spacial score (nSPS) is 14.0. The zero-order chi connectivity index (χ0) is 18.4. The van der Waals surface area contributed by atoms with Crippen LogP contribution in [-0.2, 0) is 11.3 Å². The molecule has 1 fully saturated rings. The van der Waals surface area contributed by atoms with Crippen LogP contribution in [0.25, 0.3) is 0 Å². The van der Waals surface area contributed by atoms with E-state index in [4.69, 9.17) is 4.74 Å². The molecule has 1 aliphatic rings. The third-order valence-corrected chi connectivity index (χ3v) is 4.49. The summed E-state index contributed by atoms with van der Waals surface area (Å²) in [7, 11) is 1.34. The fourth-order valence-electron chi connectivity index (χ4n) is 3.05. The van der Waals surface area contributed by atoms with Gasteiger partial charge in [-0.25, -0.2) is 9.59 Å². The Morgan fingerprint density at radius 1 is 1.08 bits per heavy atom. The third kappa shape index (κ3) is 4.20. The van der Waals surface area contributed by atoms with Gasteiger partial charge in [0, 0.05) is 25.0 Å². The molecular weight excluding hydrogens is 330 g/mol. The number of likely N-dealkylation sites (tertiary alicyclic amines) is 1. The molecule has 1 aromatic heterocycles. The van der Waals surface area contributed by atoms with Gasteiger partial charge in [0.25, 0.3) is 0 Å². The number of ether oxygens (including phenoxy) is 1. The van der Waals surface area contributed by atoms with Crippen molar-refractivity contribution in [3.8, 4) is 0 Å².